The van der Waals surface area contributed by atoms with Crippen molar-refractivity contribution in [3.63, 3.8) is 0 Å². The van der Waals surface area contributed by atoms with E-state index < -0.39 is 23.1 Å². The van der Waals surface area contributed by atoms with E-state index in [2.05, 4.69) is 10.3 Å². The number of hydrogen-bond acceptors (Lipinski definition) is 6. The number of amides is 1. The third-order valence-electron chi connectivity index (χ3n) is 5.32. The van der Waals surface area contributed by atoms with Gasteiger partial charge < -0.3 is 11.1 Å². The van der Waals surface area contributed by atoms with E-state index in [0.717, 1.165) is 4.57 Å². The molecule has 0 saturated heterocycles. The fraction of sp³-hybridized carbons (Fsp3) is 0.125. The summed E-state index contributed by atoms with van der Waals surface area (Å²) in [6.45, 7) is 1.86. The maximum atomic E-state index is 13.3. The highest BCUT2D eigenvalue weighted by atomic mass is 19.1. The monoisotopic (exact) mass is 476 g/mol. The zero-order valence-electron chi connectivity index (χ0n) is 18.6. The van der Waals surface area contributed by atoms with Crippen LogP contribution in [0.4, 0.5) is 16.0 Å². The number of carbonyl (C=O) groups is 1. The number of nitrogens with one attached hydrogen (secondary N) is 1. The quantitative estimate of drug-likeness (QED) is 0.416. The molecule has 2 heterocycles. The normalized spacial score (nSPS) is 10.8. The van der Waals surface area contributed by atoms with Crippen molar-refractivity contribution in [1.29, 1.82) is 0 Å². The molecule has 0 aliphatic heterocycles. The molecule has 4 aromatic rings. The molecule has 2 aromatic carbocycles. The first-order chi connectivity index (χ1) is 16.8. The van der Waals surface area contributed by atoms with Gasteiger partial charge in [0.1, 0.15) is 5.82 Å². The van der Waals surface area contributed by atoms with Crippen LogP contribution < -0.4 is 28.0 Å². The predicted octanol–water partition coefficient (Wildman–Crippen LogP) is 1.61. The Labute approximate surface area is 197 Å². The highest BCUT2D eigenvalue weighted by molar-refractivity contribution is 5.92. The number of primary amides is 1. The molecular formula is C24H21FN6O4. The molecule has 0 unspecified atom stereocenters. The first-order valence-corrected chi connectivity index (χ1v) is 10.6. The van der Waals surface area contributed by atoms with E-state index in [9.17, 15) is 23.6 Å². The van der Waals surface area contributed by atoms with Crippen molar-refractivity contribution in [2.24, 2.45) is 5.73 Å². The summed E-state index contributed by atoms with van der Waals surface area (Å²) in [4.78, 5) is 53.0. The van der Waals surface area contributed by atoms with Crippen LogP contribution in [0.15, 0.2) is 81.2 Å². The second-order valence-electron chi connectivity index (χ2n) is 7.62. The Morgan fingerprint density at radius 2 is 1.66 bits per heavy atom. The van der Waals surface area contributed by atoms with Crippen LogP contribution in [-0.4, -0.2) is 24.6 Å². The molecule has 0 aliphatic carbocycles. The van der Waals surface area contributed by atoms with E-state index in [0.29, 0.717) is 16.9 Å². The van der Waals surface area contributed by atoms with Gasteiger partial charge in [0, 0.05) is 30.2 Å². The zero-order valence-corrected chi connectivity index (χ0v) is 18.6. The first kappa shape index (κ1) is 23.4. The molecule has 35 heavy (non-hydrogen) atoms. The molecule has 0 saturated carbocycles. The standard InChI is InChI=1S/C24H21FN6O4/c1-2-29-23(34)28-22(31(24(29)35)13-15-3-6-17(25)7-4-15)27-18-8-10-19(11-9-18)30-14-16(21(26)33)5-12-20(30)32/h3-12,14H,2,13H2,1H3,(H2,26,33)(H,27,28,34). The fourth-order valence-electron chi connectivity index (χ4n) is 3.48. The molecule has 178 valence electrons. The second kappa shape index (κ2) is 9.59. The number of anilines is 2. The third kappa shape index (κ3) is 4.93. The molecule has 0 spiro atoms. The number of nitrogens with zero attached hydrogens (tertiary/aromatic N) is 4. The number of carbonyl (C=O) groups excluding carboxylic acids is 1. The van der Waals surface area contributed by atoms with Gasteiger partial charge in [-0.2, -0.15) is 4.98 Å². The van der Waals surface area contributed by atoms with Crippen LogP contribution in [0, 0.1) is 5.82 Å². The molecule has 0 fully saturated rings. The molecule has 0 radical (unpaired) electrons. The van der Waals surface area contributed by atoms with Crippen molar-refractivity contribution in [2.75, 3.05) is 5.32 Å². The Morgan fingerprint density at radius 3 is 2.29 bits per heavy atom. The minimum Gasteiger partial charge on any atom is -0.366 e. The Bertz CT molecular complexity index is 1570. The first-order valence-electron chi connectivity index (χ1n) is 10.6. The maximum absolute atomic E-state index is 13.3. The summed E-state index contributed by atoms with van der Waals surface area (Å²) in [7, 11) is 0. The Balaban J connectivity index is 1.70. The number of nitrogens with two attached hydrogens (primary N) is 1. The number of rotatable bonds is 7. The van der Waals surface area contributed by atoms with Crippen LogP contribution in [-0.2, 0) is 13.1 Å². The minimum absolute atomic E-state index is 0.00895. The number of pyridine rings is 1. The lowest BCUT2D eigenvalue weighted by atomic mass is 10.2. The summed E-state index contributed by atoms with van der Waals surface area (Å²) in [6.07, 6.45) is 1.35. The lowest BCUT2D eigenvalue weighted by Crippen LogP contribution is -2.42. The molecule has 0 atom stereocenters. The van der Waals surface area contributed by atoms with Crippen LogP contribution in [0.3, 0.4) is 0 Å². The van der Waals surface area contributed by atoms with Crippen molar-refractivity contribution >= 4 is 17.5 Å². The van der Waals surface area contributed by atoms with Gasteiger partial charge in [0.05, 0.1) is 12.1 Å². The number of aromatic nitrogens is 4. The number of halogens is 1. The summed E-state index contributed by atoms with van der Waals surface area (Å²) in [5.74, 6) is -1.06. The van der Waals surface area contributed by atoms with Crippen molar-refractivity contribution in [3.8, 4) is 5.69 Å². The van der Waals surface area contributed by atoms with E-state index in [1.807, 2.05) is 0 Å². The minimum atomic E-state index is -0.707. The van der Waals surface area contributed by atoms with Crippen molar-refractivity contribution in [1.82, 2.24) is 18.7 Å². The van der Waals surface area contributed by atoms with Gasteiger partial charge in [0.2, 0.25) is 11.9 Å². The summed E-state index contributed by atoms with van der Waals surface area (Å²) < 4.78 is 16.9. The van der Waals surface area contributed by atoms with Gasteiger partial charge in [0.25, 0.3) is 5.56 Å². The number of hydrogen-bond donors (Lipinski definition) is 2. The Kier molecular flexibility index (Phi) is 6.40. The molecule has 3 N–H and O–H groups in total. The summed E-state index contributed by atoms with van der Waals surface area (Å²) >= 11 is 0. The average molecular weight is 476 g/mol. The highest BCUT2D eigenvalue weighted by Crippen LogP contribution is 2.17. The summed E-state index contributed by atoms with van der Waals surface area (Å²) in [5.41, 5.74) is 5.46. The van der Waals surface area contributed by atoms with Gasteiger partial charge in [-0.15, -0.1) is 0 Å². The zero-order chi connectivity index (χ0) is 25.1. The van der Waals surface area contributed by atoms with E-state index >= 15 is 0 Å². The van der Waals surface area contributed by atoms with E-state index in [4.69, 9.17) is 5.73 Å². The average Bonchev–Trinajstić information content (AvgIpc) is 2.84. The second-order valence-corrected chi connectivity index (χ2v) is 7.62. The van der Waals surface area contributed by atoms with Crippen LogP contribution in [0.1, 0.15) is 22.8 Å². The molecule has 0 aliphatic rings. The Hall–Kier alpha value is -4.80. The van der Waals surface area contributed by atoms with Gasteiger partial charge in [-0.25, -0.2) is 18.5 Å². The summed E-state index contributed by atoms with van der Waals surface area (Å²) in [6, 6.07) is 14.7. The van der Waals surface area contributed by atoms with Crippen LogP contribution in [0.2, 0.25) is 0 Å². The molecule has 2 aromatic heterocycles. The van der Waals surface area contributed by atoms with Crippen LogP contribution in [0.25, 0.3) is 5.69 Å². The Morgan fingerprint density at radius 1 is 0.971 bits per heavy atom. The third-order valence-corrected chi connectivity index (χ3v) is 5.32. The van der Waals surface area contributed by atoms with Gasteiger partial charge in [0.15, 0.2) is 0 Å². The van der Waals surface area contributed by atoms with Crippen molar-refractivity contribution < 1.29 is 9.18 Å². The van der Waals surface area contributed by atoms with E-state index in [1.165, 1.54) is 39.6 Å². The van der Waals surface area contributed by atoms with Gasteiger partial charge in [-0.05, 0) is 55.0 Å². The molecule has 11 heteroatoms. The smallest absolute Gasteiger partial charge is 0.354 e. The lowest BCUT2D eigenvalue weighted by molar-refractivity contribution is 0.0999. The van der Waals surface area contributed by atoms with Gasteiger partial charge >= 0.3 is 11.4 Å². The van der Waals surface area contributed by atoms with E-state index in [1.54, 1.807) is 43.3 Å². The lowest BCUT2D eigenvalue weighted by Gasteiger charge is -2.15. The SMILES string of the molecule is CCn1c(=O)nc(Nc2ccc(-n3cc(C(N)=O)ccc3=O)cc2)n(Cc2ccc(F)cc2)c1=O. The van der Waals surface area contributed by atoms with Gasteiger partial charge in [-0.3, -0.25) is 18.7 Å². The fourth-order valence-corrected chi connectivity index (χ4v) is 3.48. The maximum Gasteiger partial charge on any atom is 0.354 e. The highest BCUT2D eigenvalue weighted by Gasteiger charge is 2.14. The molecule has 4 rings (SSSR count). The topological polar surface area (TPSA) is 134 Å². The van der Waals surface area contributed by atoms with Crippen molar-refractivity contribution in [2.45, 2.75) is 20.0 Å². The van der Waals surface area contributed by atoms with Crippen LogP contribution in [0.5, 0.6) is 0 Å². The largest absolute Gasteiger partial charge is 0.366 e. The molecule has 10 nitrogen and oxygen atoms in total. The van der Waals surface area contributed by atoms with Crippen LogP contribution >= 0.6 is 0 Å². The predicted molar refractivity (Wildman–Crippen MR) is 128 cm³/mol. The van der Waals surface area contributed by atoms with Crippen molar-refractivity contribution in [3.05, 3.63) is 115 Å². The molecule has 1 amide bonds. The summed E-state index contributed by atoms with van der Waals surface area (Å²) in [5, 5.41) is 2.96. The molecular weight excluding hydrogens is 455 g/mol. The van der Waals surface area contributed by atoms with Gasteiger partial charge in [-0.1, -0.05) is 12.1 Å². The molecule has 0 bridgehead atoms. The van der Waals surface area contributed by atoms with E-state index in [-0.39, 0.29) is 30.2 Å². The number of benzene rings is 2.